The van der Waals surface area contributed by atoms with Crippen LogP contribution < -0.4 is 10.2 Å². The number of hydrogen-bond donors (Lipinski definition) is 2. The Kier molecular flexibility index (Phi) is 5.84. The maximum absolute atomic E-state index is 12.3. The van der Waals surface area contributed by atoms with Crippen LogP contribution in [0, 0.1) is 0 Å². The molecule has 0 aliphatic heterocycles. The Balaban J connectivity index is 1.53. The van der Waals surface area contributed by atoms with Gasteiger partial charge in [0.1, 0.15) is 11.5 Å². The minimum atomic E-state index is -0.194. The fraction of sp³-hybridized carbons (Fsp3) is 0.350. The Bertz CT molecular complexity index is 856. The highest BCUT2D eigenvalue weighted by atomic mass is 16.1. The molecule has 0 saturated heterocycles. The maximum Gasteiger partial charge on any atom is 0.271 e. The van der Waals surface area contributed by atoms with Crippen molar-refractivity contribution in [1.82, 2.24) is 20.3 Å². The molecule has 3 aromatic rings. The Morgan fingerprint density at radius 2 is 2.08 bits per heavy atom. The molecule has 2 N–H and O–H groups in total. The molecule has 26 heavy (non-hydrogen) atoms. The number of aromatic amines is 1. The van der Waals surface area contributed by atoms with Crippen LogP contribution in [0.4, 0.5) is 5.82 Å². The maximum atomic E-state index is 12.3. The van der Waals surface area contributed by atoms with Gasteiger partial charge in [0.25, 0.3) is 5.91 Å². The Hall–Kier alpha value is -2.89. The normalized spacial score (nSPS) is 10.8. The van der Waals surface area contributed by atoms with Gasteiger partial charge in [-0.05, 0) is 24.5 Å². The summed E-state index contributed by atoms with van der Waals surface area (Å²) in [6.45, 7) is 3.64. The van der Waals surface area contributed by atoms with Gasteiger partial charge in [0.2, 0.25) is 0 Å². The van der Waals surface area contributed by atoms with Crippen molar-refractivity contribution in [3.8, 4) is 0 Å². The van der Waals surface area contributed by atoms with E-state index in [9.17, 15) is 4.79 Å². The zero-order chi connectivity index (χ0) is 18.4. The molecular formula is C20H25N5O. The monoisotopic (exact) mass is 351 g/mol. The van der Waals surface area contributed by atoms with Crippen LogP contribution in [0.5, 0.6) is 0 Å². The van der Waals surface area contributed by atoms with Gasteiger partial charge < -0.3 is 15.2 Å². The summed E-state index contributed by atoms with van der Waals surface area (Å²) in [5, 5.41) is 4.11. The predicted octanol–water partition coefficient (Wildman–Crippen LogP) is 3.17. The molecule has 1 aromatic carbocycles. The van der Waals surface area contributed by atoms with Crippen molar-refractivity contribution in [2.24, 2.45) is 0 Å². The molecule has 0 fully saturated rings. The summed E-state index contributed by atoms with van der Waals surface area (Å²) in [5.41, 5.74) is 2.65. The van der Waals surface area contributed by atoms with E-state index in [1.165, 1.54) is 10.9 Å². The fourth-order valence-corrected chi connectivity index (χ4v) is 2.89. The molecule has 0 radical (unpaired) electrons. The number of H-pyrrole nitrogens is 1. The lowest BCUT2D eigenvalue weighted by atomic mass is 10.1. The van der Waals surface area contributed by atoms with Gasteiger partial charge in [-0.3, -0.25) is 4.79 Å². The lowest BCUT2D eigenvalue weighted by Crippen LogP contribution is -2.27. The smallest absolute Gasteiger partial charge is 0.271 e. The number of carbonyl (C=O) groups excluding carboxylic acids is 1. The lowest BCUT2D eigenvalue weighted by molar-refractivity contribution is 0.0949. The highest BCUT2D eigenvalue weighted by Gasteiger charge is 2.10. The first-order chi connectivity index (χ1) is 12.7. The molecule has 0 aliphatic rings. The number of para-hydroxylation sites is 1. The molecule has 0 bridgehead atoms. The van der Waals surface area contributed by atoms with Gasteiger partial charge in [-0.15, -0.1) is 0 Å². The summed E-state index contributed by atoms with van der Waals surface area (Å²) in [7, 11) is 1.99. The van der Waals surface area contributed by atoms with Crippen LogP contribution in [0.2, 0.25) is 0 Å². The van der Waals surface area contributed by atoms with E-state index in [4.69, 9.17) is 0 Å². The molecule has 0 atom stereocenters. The number of carbonyl (C=O) groups is 1. The number of hydrogen-bond acceptors (Lipinski definition) is 4. The Labute approximate surface area is 153 Å². The Morgan fingerprint density at radius 1 is 1.23 bits per heavy atom. The number of amides is 1. The van der Waals surface area contributed by atoms with Crippen LogP contribution >= 0.6 is 0 Å². The second kappa shape index (κ2) is 8.47. The summed E-state index contributed by atoms with van der Waals surface area (Å²) < 4.78 is 0. The van der Waals surface area contributed by atoms with Crippen molar-refractivity contribution in [1.29, 1.82) is 0 Å². The molecule has 6 nitrogen and oxygen atoms in total. The van der Waals surface area contributed by atoms with Crippen LogP contribution in [0.1, 0.15) is 35.8 Å². The average Bonchev–Trinajstić information content (AvgIpc) is 3.09. The van der Waals surface area contributed by atoms with E-state index in [0.717, 1.165) is 37.1 Å². The van der Waals surface area contributed by atoms with Crippen LogP contribution in [0.25, 0.3) is 10.9 Å². The zero-order valence-electron chi connectivity index (χ0n) is 15.3. The van der Waals surface area contributed by atoms with E-state index in [2.05, 4.69) is 38.2 Å². The quantitative estimate of drug-likeness (QED) is 0.654. The number of aromatic nitrogens is 3. The van der Waals surface area contributed by atoms with Gasteiger partial charge in [-0.25, -0.2) is 9.97 Å². The van der Waals surface area contributed by atoms with Crippen LogP contribution in [0.3, 0.4) is 0 Å². The van der Waals surface area contributed by atoms with Crippen molar-refractivity contribution < 1.29 is 4.79 Å². The van der Waals surface area contributed by atoms with Gasteiger partial charge >= 0.3 is 0 Å². The Morgan fingerprint density at radius 3 is 2.85 bits per heavy atom. The van der Waals surface area contributed by atoms with Crippen LogP contribution in [0.15, 0.2) is 42.9 Å². The number of rotatable bonds is 8. The van der Waals surface area contributed by atoms with E-state index < -0.39 is 0 Å². The van der Waals surface area contributed by atoms with Gasteiger partial charge in [0.15, 0.2) is 0 Å². The molecule has 2 heterocycles. The van der Waals surface area contributed by atoms with Gasteiger partial charge in [-0.1, -0.05) is 31.5 Å². The number of nitrogens with one attached hydrogen (secondary N) is 2. The molecular weight excluding hydrogens is 326 g/mol. The van der Waals surface area contributed by atoms with Crippen molar-refractivity contribution in [2.45, 2.75) is 26.2 Å². The molecule has 2 aromatic heterocycles. The highest BCUT2D eigenvalue weighted by molar-refractivity contribution is 5.92. The molecule has 0 spiro atoms. The van der Waals surface area contributed by atoms with Gasteiger partial charge in [0.05, 0.1) is 12.4 Å². The predicted molar refractivity (Wildman–Crippen MR) is 105 cm³/mol. The van der Waals surface area contributed by atoms with Crippen LogP contribution in [-0.2, 0) is 6.42 Å². The van der Waals surface area contributed by atoms with Crippen molar-refractivity contribution in [3.05, 3.63) is 54.1 Å². The molecule has 0 unspecified atom stereocenters. The van der Waals surface area contributed by atoms with E-state index in [0.29, 0.717) is 12.2 Å². The standard InChI is InChI=1S/C20H25N5O/c1-3-4-11-25(2)19-14-23-18(13-24-19)20(26)21-10-9-15-12-22-17-8-6-5-7-16(15)17/h5-8,12-14,22H,3-4,9-11H2,1-2H3,(H,21,26). The van der Waals surface area contributed by atoms with E-state index in [1.54, 1.807) is 12.4 Å². The minimum Gasteiger partial charge on any atom is -0.361 e. The third-order valence-corrected chi connectivity index (χ3v) is 4.46. The third kappa shape index (κ3) is 4.20. The average molecular weight is 351 g/mol. The first-order valence-electron chi connectivity index (χ1n) is 9.05. The SMILES string of the molecule is CCCCN(C)c1cnc(C(=O)NCCc2c[nH]c3ccccc23)cn1. The second-order valence-corrected chi connectivity index (χ2v) is 6.40. The highest BCUT2D eigenvalue weighted by Crippen LogP contribution is 2.17. The molecule has 0 aliphatic carbocycles. The van der Waals surface area contributed by atoms with Crippen molar-refractivity contribution in [3.63, 3.8) is 0 Å². The molecule has 1 amide bonds. The molecule has 6 heteroatoms. The number of anilines is 1. The number of benzene rings is 1. The first-order valence-corrected chi connectivity index (χ1v) is 9.05. The van der Waals surface area contributed by atoms with Gasteiger partial charge in [0, 0.05) is 37.2 Å². The van der Waals surface area contributed by atoms with Crippen molar-refractivity contribution >= 4 is 22.6 Å². The first kappa shape index (κ1) is 17.9. The topological polar surface area (TPSA) is 73.9 Å². The summed E-state index contributed by atoms with van der Waals surface area (Å²) >= 11 is 0. The third-order valence-electron chi connectivity index (χ3n) is 4.46. The van der Waals surface area contributed by atoms with Gasteiger partial charge in [-0.2, -0.15) is 0 Å². The largest absolute Gasteiger partial charge is 0.361 e. The fourth-order valence-electron chi connectivity index (χ4n) is 2.89. The zero-order valence-corrected chi connectivity index (χ0v) is 15.3. The van der Waals surface area contributed by atoms with E-state index >= 15 is 0 Å². The lowest BCUT2D eigenvalue weighted by Gasteiger charge is -2.17. The minimum absolute atomic E-state index is 0.194. The summed E-state index contributed by atoms with van der Waals surface area (Å²) in [6, 6.07) is 8.16. The molecule has 136 valence electrons. The van der Waals surface area contributed by atoms with E-state index in [1.807, 2.05) is 31.4 Å². The molecule has 3 rings (SSSR count). The summed E-state index contributed by atoms with van der Waals surface area (Å²) in [6.07, 6.45) is 8.20. The van der Waals surface area contributed by atoms with Crippen molar-refractivity contribution in [2.75, 3.05) is 25.0 Å². The number of fused-ring (bicyclic) bond motifs is 1. The number of nitrogens with zero attached hydrogens (tertiary/aromatic N) is 3. The van der Waals surface area contributed by atoms with Crippen LogP contribution in [-0.4, -0.2) is 41.0 Å². The van der Waals surface area contributed by atoms with E-state index in [-0.39, 0.29) is 5.91 Å². The summed E-state index contributed by atoms with van der Waals surface area (Å²) in [4.78, 5) is 26.2. The second-order valence-electron chi connectivity index (χ2n) is 6.40. The number of unbranched alkanes of at least 4 members (excludes halogenated alkanes) is 1. The summed E-state index contributed by atoms with van der Waals surface area (Å²) in [5.74, 6) is 0.592. The molecule has 0 saturated carbocycles.